The van der Waals surface area contributed by atoms with Gasteiger partial charge in [0.25, 0.3) is 0 Å². The summed E-state index contributed by atoms with van der Waals surface area (Å²) in [6, 6.07) is 6.98. The standard InChI is InChI=1S/C9H13NO4S/c1-10(15(11,12)13)7-8-4-3-5-9(6-8)14-2/h3-6H,7H2,1-2H3,(H,11,12,13). The van der Waals surface area contributed by atoms with Crippen LogP contribution in [0, 0.1) is 0 Å². The van der Waals surface area contributed by atoms with Crippen molar-refractivity contribution >= 4 is 10.3 Å². The molecule has 84 valence electrons. The van der Waals surface area contributed by atoms with Gasteiger partial charge in [-0.25, -0.2) is 0 Å². The van der Waals surface area contributed by atoms with Crippen LogP contribution in [0.3, 0.4) is 0 Å². The fourth-order valence-corrected chi connectivity index (χ4v) is 1.42. The third kappa shape index (κ3) is 3.50. The van der Waals surface area contributed by atoms with Crippen LogP contribution < -0.4 is 4.74 Å². The van der Waals surface area contributed by atoms with Gasteiger partial charge in [0.2, 0.25) is 0 Å². The molecule has 0 atom stereocenters. The van der Waals surface area contributed by atoms with E-state index >= 15 is 0 Å². The lowest BCUT2D eigenvalue weighted by Gasteiger charge is -2.12. The number of benzene rings is 1. The van der Waals surface area contributed by atoms with Crippen molar-refractivity contribution in [3.05, 3.63) is 29.8 Å². The molecule has 0 fully saturated rings. The molecule has 0 aliphatic heterocycles. The summed E-state index contributed by atoms with van der Waals surface area (Å²) in [5, 5.41) is 0. The maximum atomic E-state index is 10.7. The summed E-state index contributed by atoms with van der Waals surface area (Å²) in [7, 11) is -1.29. The normalized spacial score (nSPS) is 11.7. The fraction of sp³-hybridized carbons (Fsp3) is 0.333. The molecule has 0 saturated carbocycles. The molecule has 0 unspecified atom stereocenters. The molecule has 5 nitrogen and oxygen atoms in total. The first-order valence-corrected chi connectivity index (χ1v) is 5.65. The molecule has 6 heteroatoms. The number of hydrogen-bond acceptors (Lipinski definition) is 3. The summed E-state index contributed by atoms with van der Waals surface area (Å²) in [6.45, 7) is 0.107. The number of ether oxygens (including phenoxy) is 1. The van der Waals surface area contributed by atoms with Gasteiger partial charge in [0.15, 0.2) is 0 Å². The second kappa shape index (κ2) is 4.61. The van der Waals surface area contributed by atoms with E-state index in [1.54, 1.807) is 24.3 Å². The van der Waals surface area contributed by atoms with Crippen molar-refractivity contribution in [2.24, 2.45) is 0 Å². The Labute approximate surface area is 89.2 Å². The molecule has 1 aromatic carbocycles. The first kappa shape index (κ1) is 12.0. The zero-order valence-electron chi connectivity index (χ0n) is 8.54. The van der Waals surface area contributed by atoms with Gasteiger partial charge < -0.3 is 4.74 Å². The minimum atomic E-state index is -4.13. The van der Waals surface area contributed by atoms with Crippen molar-refractivity contribution in [1.29, 1.82) is 0 Å². The zero-order valence-corrected chi connectivity index (χ0v) is 9.36. The van der Waals surface area contributed by atoms with Crippen molar-refractivity contribution in [3.8, 4) is 5.75 Å². The molecule has 1 aromatic rings. The summed E-state index contributed by atoms with van der Waals surface area (Å²) in [6.07, 6.45) is 0. The summed E-state index contributed by atoms with van der Waals surface area (Å²) >= 11 is 0. The molecular weight excluding hydrogens is 218 g/mol. The van der Waals surface area contributed by atoms with Gasteiger partial charge in [0.1, 0.15) is 5.75 Å². The van der Waals surface area contributed by atoms with Crippen LogP contribution in [0.2, 0.25) is 0 Å². The minimum Gasteiger partial charge on any atom is -0.497 e. The molecular formula is C9H13NO4S. The molecule has 0 amide bonds. The van der Waals surface area contributed by atoms with Gasteiger partial charge in [-0.15, -0.1) is 0 Å². The topological polar surface area (TPSA) is 66.8 Å². The van der Waals surface area contributed by atoms with Gasteiger partial charge >= 0.3 is 10.3 Å². The second-order valence-corrected chi connectivity index (χ2v) is 4.60. The molecule has 1 rings (SSSR count). The zero-order chi connectivity index (χ0) is 11.5. The molecule has 1 N–H and O–H groups in total. The van der Waals surface area contributed by atoms with Crippen molar-refractivity contribution in [3.63, 3.8) is 0 Å². The van der Waals surface area contributed by atoms with E-state index < -0.39 is 10.3 Å². The highest BCUT2D eigenvalue weighted by Gasteiger charge is 2.13. The van der Waals surface area contributed by atoms with Crippen LogP contribution in [-0.2, 0) is 16.8 Å². The predicted molar refractivity (Wildman–Crippen MR) is 56.0 cm³/mol. The Balaban J connectivity index is 2.81. The summed E-state index contributed by atoms with van der Waals surface area (Å²) in [5.74, 6) is 0.649. The lowest BCUT2D eigenvalue weighted by atomic mass is 10.2. The van der Waals surface area contributed by atoms with E-state index in [-0.39, 0.29) is 6.54 Å². The van der Waals surface area contributed by atoms with Gasteiger partial charge in [-0.05, 0) is 17.7 Å². The van der Waals surface area contributed by atoms with Gasteiger partial charge in [-0.3, -0.25) is 4.55 Å². The SMILES string of the molecule is COc1cccc(CN(C)S(=O)(=O)O)c1. The maximum absolute atomic E-state index is 10.7. The molecule has 0 bridgehead atoms. The predicted octanol–water partition coefficient (Wildman–Crippen LogP) is 0.930. The van der Waals surface area contributed by atoms with E-state index in [1.165, 1.54) is 14.2 Å². The lowest BCUT2D eigenvalue weighted by Crippen LogP contribution is -2.25. The molecule has 0 spiro atoms. The van der Waals surface area contributed by atoms with Gasteiger partial charge in [0, 0.05) is 13.6 Å². The lowest BCUT2D eigenvalue weighted by molar-refractivity contribution is 0.382. The van der Waals surface area contributed by atoms with Gasteiger partial charge in [-0.2, -0.15) is 12.7 Å². The van der Waals surface area contributed by atoms with E-state index in [9.17, 15) is 8.42 Å². The average molecular weight is 231 g/mol. The Morgan fingerprint density at radius 2 is 2.13 bits per heavy atom. The van der Waals surface area contributed by atoms with Crippen LogP contribution in [0.5, 0.6) is 5.75 Å². The fourth-order valence-electron chi connectivity index (χ4n) is 1.11. The molecule has 0 saturated heterocycles. The van der Waals surface area contributed by atoms with Gasteiger partial charge in [-0.1, -0.05) is 12.1 Å². The third-order valence-electron chi connectivity index (χ3n) is 1.93. The van der Waals surface area contributed by atoms with E-state index in [2.05, 4.69) is 0 Å². The summed E-state index contributed by atoms with van der Waals surface area (Å²) in [4.78, 5) is 0. The Kier molecular flexibility index (Phi) is 3.67. The van der Waals surface area contributed by atoms with Gasteiger partial charge in [0.05, 0.1) is 7.11 Å². The Bertz CT molecular complexity index is 429. The first-order valence-electron chi connectivity index (χ1n) is 4.25. The van der Waals surface area contributed by atoms with Crippen molar-refractivity contribution in [2.75, 3.05) is 14.2 Å². The summed E-state index contributed by atoms with van der Waals surface area (Å²) < 4.78 is 36.1. The van der Waals surface area contributed by atoms with Crippen molar-refractivity contribution < 1.29 is 17.7 Å². The van der Waals surface area contributed by atoms with Crippen LogP contribution in [0.25, 0.3) is 0 Å². The third-order valence-corrected chi connectivity index (χ3v) is 2.85. The minimum absolute atomic E-state index is 0.107. The first-order chi connectivity index (χ1) is 6.93. The van der Waals surface area contributed by atoms with Crippen LogP contribution in [0.1, 0.15) is 5.56 Å². The van der Waals surface area contributed by atoms with Crippen molar-refractivity contribution in [1.82, 2.24) is 4.31 Å². The Hall–Kier alpha value is -1.11. The van der Waals surface area contributed by atoms with E-state index in [0.717, 1.165) is 9.87 Å². The Morgan fingerprint density at radius 3 is 2.67 bits per heavy atom. The number of methoxy groups -OCH3 is 1. The monoisotopic (exact) mass is 231 g/mol. The molecule has 0 aromatic heterocycles. The largest absolute Gasteiger partial charge is 0.497 e. The highest BCUT2D eigenvalue weighted by Crippen LogP contribution is 2.14. The highest BCUT2D eigenvalue weighted by molar-refractivity contribution is 7.83. The maximum Gasteiger partial charge on any atom is 0.335 e. The van der Waals surface area contributed by atoms with Crippen molar-refractivity contribution in [2.45, 2.75) is 6.54 Å². The van der Waals surface area contributed by atoms with Crippen LogP contribution in [-0.4, -0.2) is 31.4 Å². The number of nitrogens with zero attached hydrogens (tertiary/aromatic N) is 1. The molecule has 0 heterocycles. The average Bonchev–Trinajstić information content (AvgIpc) is 2.16. The molecule has 0 aliphatic rings. The number of hydrogen-bond donors (Lipinski definition) is 1. The second-order valence-electron chi connectivity index (χ2n) is 3.09. The Morgan fingerprint density at radius 1 is 1.47 bits per heavy atom. The highest BCUT2D eigenvalue weighted by atomic mass is 32.2. The van der Waals surface area contributed by atoms with Crippen LogP contribution >= 0.6 is 0 Å². The van der Waals surface area contributed by atoms with E-state index in [1.807, 2.05) is 0 Å². The number of rotatable bonds is 4. The smallest absolute Gasteiger partial charge is 0.335 e. The van der Waals surface area contributed by atoms with Crippen LogP contribution in [0.4, 0.5) is 0 Å². The van der Waals surface area contributed by atoms with E-state index in [0.29, 0.717) is 5.75 Å². The molecule has 0 aliphatic carbocycles. The van der Waals surface area contributed by atoms with E-state index in [4.69, 9.17) is 9.29 Å². The molecule has 0 radical (unpaired) electrons. The quantitative estimate of drug-likeness (QED) is 0.783. The molecule has 15 heavy (non-hydrogen) atoms. The summed E-state index contributed by atoms with van der Waals surface area (Å²) in [5.41, 5.74) is 0.745. The van der Waals surface area contributed by atoms with Crippen LogP contribution in [0.15, 0.2) is 24.3 Å².